The van der Waals surface area contributed by atoms with E-state index in [1.165, 1.54) is 0 Å². The molecule has 1 aromatic carbocycles. The minimum absolute atomic E-state index is 0.0235. The first-order valence-corrected chi connectivity index (χ1v) is 7.37. The SMILES string of the molecule is C#CCC(=O)C(C)(C)[C@@H]1CCO[C@H](c2ccc(OC)cc2)O1. The molecule has 1 aromatic rings. The van der Waals surface area contributed by atoms with Crippen LogP contribution in [0.1, 0.15) is 38.5 Å². The number of hydrogen-bond acceptors (Lipinski definition) is 4. The van der Waals surface area contributed by atoms with Crippen LogP contribution < -0.4 is 4.74 Å². The average molecular weight is 302 g/mol. The van der Waals surface area contributed by atoms with Crippen LogP contribution in [0.25, 0.3) is 0 Å². The van der Waals surface area contributed by atoms with Crippen LogP contribution >= 0.6 is 0 Å². The molecular formula is C18H22O4. The van der Waals surface area contributed by atoms with Gasteiger partial charge in [0.2, 0.25) is 0 Å². The molecule has 0 radical (unpaired) electrons. The third-order valence-corrected chi connectivity index (χ3v) is 4.11. The van der Waals surface area contributed by atoms with Crippen molar-refractivity contribution in [2.75, 3.05) is 13.7 Å². The minimum Gasteiger partial charge on any atom is -0.497 e. The Balaban J connectivity index is 2.11. The summed E-state index contributed by atoms with van der Waals surface area (Å²) >= 11 is 0. The van der Waals surface area contributed by atoms with E-state index >= 15 is 0 Å². The van der Waals surface area contributed by atoms with Gasteiger partial charge in [0.1, 0.15) is 5.75 Å². The van der Waals surface area contributed by atoms with E-state index in [4.69, 9.17) is 20.6 Å². The first-order valence-electron chi connectivity index (χ1n) is 7.37. The molecule has 22 heavy (non-hydrogen) atoms. The molecule has 0 N–H and O–H groups in total. The van der Waals surface area contributed by atoms with Gasteiger partial charge < -0.3 is 14.2 Å². The molecule has 0 aliphatic carbocycles. The summed E-state index contributed by atoms with van der Waals surface area (Å²) in [4.78, 5) is 12.2. The van der Waals surface area contributed by atoms with E-state index in [1.807, 2.05) is 38.1 Å². The fourth-order valence-corrected chi connectivity index (χ4v) is 2.51. The van der Waals surface area contributed by atoms with Gasteiger partial charge in [-0.3, -0.25) is 4.79 Å². The number of methoxy groups -OCH3 is 1. The lowest BCUT2D eigenvalue weighted by Crippen LogP contribution is -2.43. The second kappa shape index (κ2) is 6.95. The lowest BCUT2D eigenvalue weighted by Gasteiger charge is -2.38. The van der Waals surface area contributed by atoms with E-state index in [0.717, 1.165) is 11.3 Å². The van der Waals surface area contributed by atoms with Gasteiger partial charge in [0, 0.05) is 5.56 Å². The lowest BCUT2D eigenvalue weighted by atomic mass is 9.79. The molecule has 1 aliphatic rings. The van der Waals surface area contributed by atoms with Crippen LogP contribution in [-0.4, -0.2) is 25.6 Å². The van der Waals surface area contributed by atoms with Gasteiger partial charge in [0.05, 0.1) is 31.7 Å². The van der Waals surface area contributed by atoms with Crippen LogP contribution in [-0.2, 0) is 14.3 Å². The molecule has 0 spiro atoms. The van der Waals surface area contributed by atoms with E-state index in [-0.39, 0.29) is 18.3 Å². The number of ether oxygens (including phenoxy) is 3. The van der Waals surface area contributed by atoms with E-state index in [1.54, 1.807) is 7.11 Å². The van der Waals surface area contributed by atoms with Gasteiger partial charge in [-0.2, -0.15) is 0 Å². The fourth-order valence-electron chi connectivity index (χ4n) is 2.51. The van der Waals surface area contributed by atoms with Gasteiger partial charge in [-0.25, -0.2) is 0 Å². The monoisotopic (exact) mass is 302 g/mol. The number of carbonyl (C=O) groups is 1. The Labute approximate surface area is 131 Å². The molecule has 0 saturated carbocycles. The Morgan fingerprint density at radius 1 is 1.41 bits per heavy atom. The maximum absolute atomic E-state index is 12.2. The predicted octanol–water partition coefficient (Wildman–Crippen LogP) is 3.12. The molecule has 1 saturated heterocycles. The van der Waals surface area contributed by atoms with Crippen molar-refractivity contribution in [3.63, 3.8) is 0 Å². The molecule has 2 atom stereocenters. The largest absolute Gasteiger partial charge is 0.497 e. The Kier molecular flexibility index (Phi) is 5.23. The van der Waals surface area contributed by atoms with Crippen LogP contribution in [0.2, 0.25) is 0 Å². The zero-order chi connectivity index (χ0) is 16.2. The van der Waals surface area contributed by atoms with E-state index in [0.29, 0.717) is 13.0 Å². The maximum Gasteiger partial charge on any atom is 0.184 e. The molecule has 0 aromatic heterocycles. The molecule has 2 rings (SSSR count). The number of hydrogen-bond donors (Lipinski definition) is 0. The molecule has 0 bridgehead atoms. The lowest BCUT2D eigenvalue weighted by molar-refractivity contribution is -0.238. The fraction of sp³-hybridized carbons (Fsp3) is 0.500. The first-order chi connectivity index (χ1) is 10.5. The summed E-state index contributed by atoms with van der Waals surface area (Å²) in [6.45, 7) is 4.32. The summed E-state index contributed by atoms with van der Waals surface area (Å²) in [5.41, 5.74) is 0.284. The molecule has 1 heterocycles. The van der Waals surface area contributed by atoms with Gasteiger partial charge in [0.15, 0.2) is 12.1 Å². The highest BCUT2D eigenvalue weighted by molar-refractivity contribution is 5.86. The highest BCUT2D eigenvalue weighted by atomic mass is 16.7. The highest BCUT2D eigenvalue weighted by Gasteiger charge is 2.40. The minimum atomic E-state index is -0.624. The van der Waals surface area contributed by atoms with Gasteiger partial charge in [-0.1, -0.05) is 31.9 Å². The standard InChI is InChI=1S/C18H22O4/c1-5-6-15(19)18(2,3)16-11-12-21-17(22-16)13-7-9-14(20-4)10-8-13/h1,7-10,16-17H,6,11-12H2,2-4H3/t16-,17-/m0/s1. The Morgan fingerprint density at radius 2 is 2.09 bits per heavy atom. The first kappa shape index (κ1) is 16.5. The molecule has 0 amide bonds. The summed E-state index contributed by atoms with van der Waals surface area (Å²) in [7, 11) is 1.62. The van der Waals surface area contributed by atoms with Crippen LogP contribution in [0, 0.1) is 17.8 Å². The summed E-state index contributed by atoms with van der Waals surface area (Å²) < 4.78 is 16.9. The molecule has 4 nitrogen and oxygen atoms in total. The van der Waals surface area contributed by atoms with Crippen molar-refractivity contribution in [2.24, 2.45) is 5.41 Å². The van der Waals surface area contributed by atoms with Crippen molar-refractivity contribution in [3.8, 4) is 18.1 Å². The molecule has 118 valence electrons. The third-order valence-electron chi connectivity index (χ3n) is 4.11. The summed E-state index contributed by atoms with van der Waals surface area (Å²) in [5, 5.41) is 0. The van der Waals surface area contributed by atoms with Crippen molar-refractivity contribution < 1.29 is 19.0 Å². The smallest absolute Gasteiger partial charge is 0.184 e. The molecule has 4 heteroatoms. The number of terminal acetylenes is 1. The topological polar surface area (TPSA) is 44.8 Å². The second-order valence-electron chi connectivity index (χ2n) is 5.92. The van der Waals surface area contributed by atoms with Crippen molar-refractivity contribution in [1.29, 1.82) is 0 Å². The van der Waals surface area contributed by atoms with Crippen LogP contribution in [0.3, 0.4) is 0 Å². The van der Waals surface area contributed by atoms with E-state index in [2.05, 4.69) is 5.92 Å². The zero-order valence-electron chi connectivity index (χ0n) is 13.3. The number of rotatable bonds is 5. The predicted molar refractivity (Wildman–Crippen MR) is 83.4 cm³/mol. The number of ketones is 1. The van der Waals surface area contributed by atoms with Gasteiger partial charge in [-0.15, -0.1) is 6.42 Å². The zero-order valence-corrected chi connectivity index (χ0v) is 13.3. The van der Waals surface area contributed by atoms with Crippen LogP contribution in [0.15, 0.2) is 24.3 Å². The van der Waals surface area contributed by atoms with Crippen LogP contribution in [0.4, 0.5) is 0 Å². The Morgan fingerprint density at radius 3 is 2.68 bits per heavy atom. The van der Waals surface area contributed by atoms with E-state index < -0.39 is 11.7 Å². The second-order valence-corrected chi connectivity index (χ2v) is 5.92. The highest BCUT2D eigenvalue weighted by Crippen LogP contribution is 2.36. The number of carbonyl (C=O) groups excluding carboxylic acids is 1. The molecule has 1 aliphatic heterocycles. The van der Waals surface area contributed by atoms with Crippen molar-refractivity contribution in [1.82, 2.24) is 0 Å². The number of benzene rings is 1. The third kappa shape index (κ3) is 3.49. The average Bonchev–Trinajstić information content (AvgIpc) is 2.55. The molecular weight excluding hydrogens is 280 g/mol. The summed E-state index contributed by atoms with van der Waals surface area (Å²) in [6.07, 6.45) is 5.37. The van der Waals surface area contributed by atoms with Crippen molar-refractivity contribution >= 4 is 5.78 Å². The van der Waals surface area contributed by atoms with Crippen molar-refractivity contribution in [3.05, 3.63) is 29.8 Å². The maximum atomic E-state index is 12.2. The van der Waals surface area contributed by atoms with Crippen molar-refractivity contribution in [2.45, 2.75) is 39.1 Å². The summed E-state index contributed by atoms with van der Waals surface area (Å²) in [5.74, 6) is 3.22. The van der Waals surface area contributed by atoms with Gasteiger partial charge in [0.25, 0.3) is 0 Å². The molecule has 0 unspecified atom stereocenters. The quantitative estimate of drug-likeness (QED) is 0.784. The summed E-state index contributed by atoms with van der Waals surface area (Å²) in [6, 6.07) is 7.53. The Hall–Kier alpha value is -1.83. The van der Waals surface area contributed by atoms with E-state index in [9.17, 15) is 4.79 Å². The van der Waals surface area contributed by atoms with Crippen LogP contribution in [0.5, 0.6) is 5.75 Å². The van der Waals surface area contributed by atoms with Gasteiger partial charge >= 0.3 is 0 Å². The number of Topliss-reactive ketones (excluding diaryl/α,β-unsaturated/α-hetero) is 1. The normalized spacial score (nSPS) is 21.9. The van der Waals surface area contributed by atoms with Gasteiger partial charge in [-0.05, 0) is 18.6 Å². The Bertz CT molecular complexity index is 553. The molecule has 1 fully saturated rings.